The minimum Gasteiger partial charge on any atom is -0.508 e. The fraction of sp³-hybridized carbons (Fsp3) is 0.647. The molecule has 1 aromatic carbocycles. The van der Waals surface area contributed by atoms with E-state index < -0.39 is 0 Å². The maximum absolute atomic E-state index is 9.88. The maximum Gasteiger partial charge on any atom is 0.122 e. The average Bonchev–Trinajstić information content (AvgIpc) is 2.37. The lowest BCUT2D eigenvalue weighted by Gasteiger charge is -2.57. The molecule has 0 radical (unpaired) electrons. The Balaban J connectivity index is 1.81. The van der Waals surface area contributed by atoms with E-state index >= 15 is 0 Å². The quantitative estimate of drug-likeness (QED) is 0.872. The van der Waals surface area contributed by atoms with Crippen molar-refractivity contribution < 1.29 is 9.84 Å². The first kappa shape index (κ1) is 11.6. The summed E-state index contributed by atoms with van der Waals surface area (Å²) in [6.07, 6.45) is 8.25. The maximum atomic E-state index is 9.88. The van der Waals surface area contributed by atoms with Gasteiger partial charge in [-0.15, -0.1) is 0 Å². The first-order chi connectivity index (χ1) is 9.18. The van der Waals surface area contributed by atoms with Crippen molar-refractivity contribution in [3.05, 3.63) is 23.8 Å². The second kappa shape index (κ2) is 3.91. The Hall–Kier alpha value is -1.18. The molecule has 4 saturated carbocycles. The number of aromatic hydroxyl groups is 1. The monoisotopic (exact) mass is 258 g/mol. The van der Waals surface area contributed by atoms with Gasteiger partial charge in [-0.3, -0.25) is 0 Å². The number of phenols is 1. The van der Waals surface area contributed by atoms with E-state index in [1.54, 1.807) is 13.2 Å². The van der Waals surface area contributed by atoms with Crippen molar-refractivity contribution in [3.8, 4) is 11.5 Å². The summed E-state index contributed by atoms with van der Waals surface area (Å²) in [7, 11) is 1.75. The molecule has 0 aromatic heterocycles. The largest absolute Gasteiger partial charge is 0.508 e. The lowest BCUT2D eigenvalue weighted by Crippen LogP contribution is -2.48. The van der Waals surface area contributed by atoms with Gasteiger partial charge in [0.1, 0.15) is 11.5 Å². The van der Waals surface area contributed by atoms with E-state index in [-0.39, 0.29) is 0 Å². The summed E-state index contributed by atoms with van der Waals surface area (Å²) in [5, 5.41) is 9.88. The van der Waals surface area contributed by atoms with E-state index in [9.17, 15) is 5.11 Å². The molecule has 0 aliphatic heterocycles. The van der Waals surface area contributed by atoms with Crippen molar-refractivity contribution in [1.82, 2.24) is 0 Å². The molecule has 0 atom stereocenters. The number of hydrogen-bond donors (Lipinski definition) is 1. The van der Waals surface area contributed by atoms with Gasteiger partial charge in [-0.1, -0.05) is 0 Å². The van der Waals surface area contributed by atoms with Gasteiger partial charge < -0.3 is 9.84 Å². The van der Waals surface area contributed by atoms with Gasteiger partial charge in [0.2, 0.25) is 0 Å². The summed E-state index contributed by atoms with van der Waals surface area (Å²) in [5.41, 5.74) is 1.56. The standard InChI is InChI=1S/C17H22O2/c1-19-16-3-2-14(18)7-15(16)17-8-11-4-12(9-17)6-13(5-11)10-17/h2-3,7,11-13,18H,4-6,8-10H2,1H3. The molecule has 5 rings (SSSR count). The Morgan fingerprint density at radius 3 is 2.16 bits per heavy atom. The lowest BCUT2D eigenvalue weighted by atomic mass is 9.48. The summed E-state index contributed by atoms with van der Waals surface area (Å²) in [5.74, 6) is 4.10. The normalized spacial score (nSPS) is 39.5. The van der Waals surface area contributed by atoms with Gasteiger partial charge in [-0.25, -0.2) is 0 Å². The molecule has 1 N–H and O–H groups in total. The van der Waals surface area contributed by atoms with Gasteiger partial charge >= 0.3 is 0 Å². The average molecular weight is 258 g/mol. The van der Waals surface area contributed by atoms with Gasteiger partial charge in [-0.05, 0) is 79.9 Å². The molecular weight excluding hydrogens is 236 g/mol. The molecule has 2 heteroatoms. The Morgan fingerprint density at radius 1 is 1.05 bits per heavy atom. The number of ether oxygens (including phenoxy) is 1. The van der Waals surface area contributed by atoms with Gasteiger partial charge in [0.25, 0.3) is 0 Å². The van der Waals surface area contributed by atoms with Crippen LogP contribution in [0.1, 0.15) is 44.1 Å². The van der Waals surface area contributed by atoms with Crippen LogP contribution < -0.4 is 4.74 Å². The molecule has 0 unspecified atom stereocenters. The van der Waals surface area contributed by atoms with Crippen LogP contribution in [-0.4, -0.2) is 12.2 Å². The molecule has 0 saturated heterocycles. The highest BCUT2D eigenvalue weighted by molar-refractivity contribution is 5.45. The highest BCUT2D eigenvalue weighted by Gasteiger charge is 2.52. The van der Waals surface area contributed by atoms with Crippen molar-refractivity contribution in [2.24, 2.45) is 17.8 Å². The van der Waals surface area contributed by atoms with Crippen LogP contribution in [0.5, 0.6) is 11.5 Å². The van der Waals surface area contributed by atoms with Crippen molar-refractivity contribution in [2.45, 2.75) is 43.9 Å². The summed E-state index contributed by atoms with van der Waals surface area (Å²) in [4.78, 5) is 0. The van der Waals surface area contributed by atoms with Crippen molar-refractivity contribution in [1.29, 1.82) is 0 Å². The van der Waals surface area contributed by atoms with Crippen molar-refractivity contribution in [3.63, 3.8) is 0 Å². The number of methoxy groups -OCH3 is 1. The summed E-state index contributed by atoms with van der Waals surface area (Å²) < 4.78 is 5.58. The molecule has 0 heterocycles. The zero-order valence-electron chi connectivity index (χ0n) is 11.6. The van der Waals surface area contributed by atoms with Gasteiger partial charge in [-0.2, -0.15) is 0 Å². The number of phenolic OH excluding ortho intramolecular Hbond substituents is 1. The number of benzene rings is 1. The van der Waals surface area contributed by atoms with E-state index in [4.69, 9.17) is 4.74 Å². The van der Waals surface area contributed by atoms with E-state index in [1.807, 2.05) is 12.1 Å². The molecule has 0 spiro atoms. The molecule has 102 valence electrons. The Kier molecular flexibility index (Phi) is 2.39. The van der Waals surface area contributed by atoms with Gasteiger partial charge in [0.05, 0.1) is 7.11 Å². The fourth-order valence-corrected chi connectivity index (χ4v) is 5.55. The molecule has 4 fully saturated rings. The van der Waals surface area contributed by atoms with Gasteiger partial charge in [0, 0.05) is 5.56 Å². The SMILES string of the molecule is COc1ccc(O)cc1C12CC3CC(CC(C3)C1)C2. The summed E-state index contributed by atoms with van der Waals surface area (Å²) in [6.45, 7) is 0. The second-order valence-corrected chi connectivity index (χ2v) is 7.08. The summed E-state index contributed by atoms with van der Waals surface area (Å²) in [6, 6.07) is 5.64. The predicted molar refractivity (Wildman–Crippen MR) is 74.5 cm³/mol. The third kappa shape index (κ3) is 1.69. The number of hydrogen-bond acceptors (Lipinski definition) is 2. The van der Waals surface area contributed by atoms with Crippen LogP contribution in [0.3, 0.4) is 0 Å². The van der Waals surface area contributed by atoms with Crippen LogP contribution >= 0.6 is 0 Å². The topological polar surface area (TPSA) is 29.5 Å². The van der Waals surface area contributed by atoms with Crippen LogP contribution in [0, 0.1) is 17.8 Å². The van der Waals surface area contributed by atoms with Gasteiger partial charge in [0.15, 0.2) is 0 Å². The minimum absolute atomic E-state index is 0.291. The molecule has 4 aliphatic rings. The zero-order valence-corrected chi connectivity index (χ0v) is 11.6. The zero-order chi connectivity index (χ0) is 13.0. The van der Waals surface area contributed by atoms with E-state index in [2.05, 4.69) is 0 Å². The highest BCUT2D eigenvalue weighted by Crippen LogP contribution is 2.62. The minimum atomic E-state index is 0.291. The van der Waals surface area contributed by atoms with E-state index in [1.165, 1.54) is 44.1 Å². The Bertz CT molecular complexity index is 471. The van der Waals surface area contributed by atoms with Crippen LogP contribution in [0.25, 0.3) is 0 Å². The number of rotatable bonds is 2. The van der Waals surface area contributed by atoms with Crippen molar-refractivity contribution in [2.75, 3.05) is 7.11 Å². The molecule has 4 aliphatic carbocycles. The van der Waals surface area contributed by atoms with E-state index in [0.717, 1.165) is 23.5 Å². The third-order valence-corrected chi connectivity index (χ3v) is 5.79. The van der Waals surface area contributed by atoms with Crippen LogP contribution in [0.4, 0.5) is 0 Å². The molecule has 19 heavy (non-hydrogen) atoms. The molecule has 4 bridgehead atoms. The molecule has 0 amide bonds. The fourth-order valence-electron chi connectivity index (χ4n) is 5.55. The van der Waals surface area contributed by atoms with Crippen LogP contribution in [-0.2, 0) is 5.41 Å². The molecule has 2 nitrogen and oxygen atoms in total. The van der Waals surface area contributed by atoms with Crippen LogP contribution in [0.15, 0.2) is 18.2 Å². The smallest absolute Gasteiger partial charge is 0.122 e. The first-order valence-corrected chi connectivity index (χ1v) is 7.56. The predicted octanol–water partition coefficient (Wildman–Crippen LogP) is 3.87. The second-order valence-electron chi connectivity index (χ2n) is 7.08. The molecule has 1 aromatic rings. The highest BCUT2D eigenvalue weighted by atomic mass is 16.5. The third-order valence-electron chi connectivity index (χ3n) is 5.79. The lowest BCUT2D eigenvalue weighted by molar-refractivity contribution is -0.00624. The summed E-state index contributed by atoms with van der Waals surface area (Å²) >= 11 is 0. The van der Waals surface area contributed by atoms with Crippen LogP contribution in [0.2, 0.25) is 0 Å². The van der Waals surface area contributed by atoms with E-state index in [0.29, 0.717) is 11.2 Å². The first-order valence-electron chi connectivity index (χ1n) is 7.56. The van der Waals surface area contributed by atoms with Crippen molar-refractivity contribution >= 4 is 0 Å². The Labute approximate surface area is 114 Å². The Morgan fingerprint density at radius 2 is 1.63 bits per heavy atom. The molecular formula is C17H22O2.